The Hall–Kier alpha value is -3.36. The number of piperidine rings is 1. The number of nitrogens with zero attached hydrogens (tertiary/aromatic N) is 4. The molecular formula is C31H33Cl2FN4O3. The number of benzene rings is 2. The summed E-state index contributed by atoms with van der Waals surface area (Å²) in [5, 5.41) is 5.71. The molecule has 216 valence electrons. The summed E-state index contributed by atoms with van der Waals surface area (Å²) < 4.78 is 21.2. The van der Waals surface area contributed by atoms with E-state index in [-0.39, 0.29) is 18.3 Å². The van der Waals surface area contributed by atoms with Crippen LogP contribution in [0.2, 0.25) is 10.0 Å². The highest BCUT2D eigenvalue weighted by molar-refractivity contribution is 6.35. The van der Waals surface area contributed by atoms with Crippen molar-refractivity contribution >= 4 is 46.9 Å². The van der Waals surface area contributed by atoms with Gasteiger partial charge < -0.3 is 14.5 Å². The molecule has 5 rings (SSSR count). The summed E-state index contributed by atoms with van der Waals surface area (Å²) >= 11 is 12.9. The van der Waals surface area contributed by atoms with E-state index in [0.29, 0.717) is 58.7 Å². The van der Waals surface area contributed by atoms with Crippen LogP contribution in [0.5, 0.6) is 0 Å². The lowest BCUT2D eigenvalue weighted by molar-refractivity contribution is 0.0279. The van der Waals surface area contributed by atoms with E-state index >= 15 is 0 Å². The van der Waals surface area contributed by atoms with Gasteiger partial charge in [-0.2, -0.15) is 5.10 Å². The van der Waals surface area contributed by atoms with Crippen LogP contribution in [0.4, 0.5) is 9.18 Å². The standard InChI is InChI=1S/C31H33Cl2FN4O3/c1-31(2,3)41-30(40)37-16-13-24-27(29(39)36-14-5-4-6-15-36)35-38(26-12-9-22(32)18-25(26)33)28(24)21(19-37)17-20-7-10-23(34)11-8-20/h7-12,17-18H,4-6,13-16,19H2,1-3H3/b21-17+. The van der Waals surface area contributed by atoms with Gasteiger partial charge in [0, 0.05) is 30.2 Å². The number of ether oxygens (including phenoxy) is 1. The Morgan fingerprint density at radius 1 is 0.976 bits per heavy atom. The highest BCUT2D eigenvalue weighted by Gasteiger charge is 2.34. The van der Waals surface area contributed by atoms with Crippen molar-refractivity contribution in [3.05, 3.63) is 80.8 Å². The molecule has 2 amide bonds. The van der Waals surface area contributed by atoms with Crippen molar-refractivity contribution in [1.29, 1.82) is 0 Å². The van der Waals surface area contributed by atoms with Crippen molar-refractivity contribution in [2.45, 2.75) is 52.1 Å². The Morgan fingerprint density at radius 3 is 2.34 bits per heavy atom. The Kier molecular flexibility index (Phi) is 8.43. The zero-order valence-electron chi connectivity index (χ0n) is 23.4. The molecule has 0 unspecified atom stereocenters. The highest BCUT2D eigenvalue weighted by Crippen LogP contribution is 2.35. The predicted molar refractivity (Wildman–Crippen MR) is 159 cm³/mol. The second-order valence-electron chi connectivity index (χ2n) is 11.4. The Balaban J connectivity index is 1.70. The van der Waals surface area contributed by atoms with Gasteiger partial charge in [0.2, 0.25) is 0 Å². The summed E-state index contributed by atoms with van der Waals surface area (Å²) in [5.74, 6) is -0.492. The van der Waals surface area contributed by atoms with Crippen LogP contribution < -0.4 is 0 Å². The largest absolute Gasteiger partial charge is 0.444 e. The first-order valence-corrected chi connectivity index (χ1v) is 14.6. The molecule has 1 aromatic heterocycles. The van der Waals surface area contributed by atoms with E-state index in [2.05, 4.69) is 0 Å². The molecule has 1 fully saturated rings. The van der Waals surface area contributed by atoms with Gasteiger partial charge in [0.05, 0.1) is 22.9 Å². The van der Waals surface area contributed by atoms with Crippen molar-refractivity contribution in [2.24, 2.45) is 0 Å². The average Bonchev–Trinajstić information content (AvgIpc) is 3.19. The van der Waals surface area contributed by atoms with Gasteiger partial charge in [0.1, 0.15) is 11.4 Å². The van der Waals surface area contributed by atoms with Crippen LogP contribution in [0.1, 0.15) is 67.3 Å². The van der Waals surface area contributed by atoms with Crippen molar-refractivity contribution in [1.82, 2.24) is 19.6 Å². The third kappa shape index (κ3) is 6.60. The van der Waals surface area contributed by atoms with Crippen LogP contribution in [-0.4, -0.2) is 63.4 Å². The molecule has 0 atom stereocenters. The number of carbonyl (C=O) groups excluding carboxylic acids is 2. The second kappa shape index (κ2) is 11.9. The van der Waals surface area contributed by atoms with Crippen LogP contribution in [0.3, 0.4) is 0 Å². The molecule has 0 spiro atoms. The minimum atomic E-state index is -0.680. The Labute approximate surface area is 249 Å². The van der Waals surface area contributed by atoms with E-state index in [4.69, 9.17) is 33.0 Å². The third-order valence-corrected chi connectivity index (χ3v) is 7.66. The molecule has 0 saturated carbocycles. The zero-order chi connectivity index (χ0) is 29.3. The summed E-state index contributed by atoms with van der Waals surface area (Å²) in [6, 6.07) is 11.2. The first-order valence-electron chi connectivity index (χ1n) is 13.8. The predicted octanol–water partition coefficient (Wildman–Crippen LogP) is 7.28. The first kappa shape index (κ1) is 29.1. The molecule has 0 N–H and O–H groups in total. The average molecular weight is 600 g/mol. The van der Waals surface area contributed by atoms with Gasteiger partial charge in [-0.05, 0) is 94.0 Å². The van der Waals surface area contributed by atoms with Crippen LogP contribution in [0, 0.1) is 5.82 Å². The molecule has 1 saturated heterocycles. The minimum Gasteiger partial charge on any atom is -0.444 e. The summed E-state index contributed by atoms with van der Waals surface area (Å²) in [7, 11) is 0. The lowest BCUT2D eigenvalue weighted by Crippen LogP contribution is -2.38. The summed E-state index contributed by atoms with van der Waals surface area (Å²) in [5.41, 5.74) is 3.06. The van der Waals surface area contributed by atoms with E-state index in [1.807, 2.05) is 31.7 Å². The third-order valence-electron chi connectivity index (χ3n) is 7.13. The molecule has 3 aromatic rings. The van der Waals surface area contributed by atoms with Gasteiger partial charge in [-0.1, -0.05) is 35.3 Å². The van der Waals surface area contributed by atoms with E-state index < -0.39 is 11.7 Å². The van der Waals surface area contributed by atoms with Gasteiger partial charge in [0.15, 0.2) is 5.69 Å². The van der Waals surface area contributed by atoms with Gasteiger partial charge in [-0.3, -0.25) is 4.79 Å². The number of carbonyl (C=O) groups is 2. The summed E-state index contributed by atoms with van der Waals surface area (Å²) in [6.45, 7) is 7.32. The molecule has 0 radical (unpaired) electrons. The van der Waals surface area contributed by atoms with E-state index in [0.717, 1.165) is 30.4 Å². The van der Waals surface area contributed by atoms with Crippen LogP contribution in [0.25, 0.3) is 17.3 Å². The van der Waals surface area contributed by atoms with Gasteiger partial charge >= 0.3 is 6.09 Å². The Bertz CT molecular complexity index is 1490. The van der Waals surface area contributed by atoms with Crippen LogP contribution in [0.15, 0.2) is 42.5 Å². The number of hydrogen-bond donors (Lipinski definition) is 0. The monoisotopic (exact) mass is 598 g/mol. The molecule has 0 aliphatic carbocycles. The lowest BCUT2D eigenvalue weighted by atomic mass is 10.0. The van der Waals surface area contributed by atoms with E-state index in [1.54, 1.807) is 39.9 Å². The molecule has 41 heavy (non-hydrogen) atoms. The normalized spacial score (nSPS) is 16.9. The van der Waals surface area contributed by atoms with Crippen LogP contribution >= 0.6 is 23.2 Å². The maximum atomic E-state index is 13.9. The maximum absolute atomic E-state index is 13.9. The molecule has 7 nitrogen and oxygen atoms in total. The number of aromatic nitrogens is 2. The number of amides is 2. The number of fused-ring (bicyclic) bond motifs is 1. The summed E-state index contributed by atoms with van der Waals surface area (Å²) in [6.07, 6.45) is 4.79. The second-order valence-corrected chi connectivity index (χ2v) is 12.3. The molecule has 10 heteroatoms. The fraction of sp³-hybridized carbons (Fsp3) is 0.387. The molecule has 2 aliphatic rings. The van der Waals surface area contributed by atoms with E-state index in [1.165, 1.54) is 12.1 Å². The minimum absolute atomic E-state index is 0.142. The molecule has 3 heterocycles. The molecule has 2 aliphatic heterocycles. The Morgan fingerprint density at radius 2 is 1.68 bits per heavy atom. The van der Waals surface area contributed by atoms with Gasteiger partial charge in [0.25, 0.3) is 5.91 Å². The van der Waals surface area contributed by atoms with Crippen molar-refractivity contribution < 1.29 is 18.7 Å². The zero-order valence-corrected chi connectivity index (χ0v) is 24.9. The highest BCUT2D eigenvalue weighted by atomic mass is 35.5. The topological polar surface area (TPSA) is 67.7 Å². The number of halogens is 3. The molecule has 2 aromatic carbocycles. The van der Waals surface area contributed by atoms with E-state index in [9.17, 15) is 14.0 Å². The van der Waals surface area contributed by atoms with Crippen molar-refractivity contribution in [2.75, 3.05) is 26.2 Å². The smallest absolute Gasteiger partial charge is 0.410 e. The SMILES string of the molecule is CC(C)(C)OC(=O)N1CCc2c(C(=O)N3CCCCC3)nn(-c3ccc(Cl)cc3Cl)c2/C(=C/c2ccc(F)cc2)C1. The number of hydrogen-bond acceptors (Lipinski definition) is 4. The van der Waals surface area contributed by atoms with Crippen LogP contribution in [-0.2, 0) is 11.2 Å². The fourth-order valence-electron chi connectivity index (χ4n) is 5.23. The van der Waals surface area contributed by atoms with Crippen molar-refractivity contribution in [3.8, 4) is 5.69 Å². The lowest BCUT2D eigenvalue weighted by Gasteiger charge is -2.27. The maximum Gasteiger partial charge on any atom is 0.410 e. The van der Waals surface area contributed by atoms with Gasteiger partial charge in [-0.15, -0.1) is 0 Å². The number of rotatable bonds is 3. The number of likely N-dealkylation sites (tertiary alicyclic amines) is 1. The quantitative estimate of drug-likeness (QED) is 0.318. The fourth-order valence-corrected chi connectivity index (χ4v) is 5.71. The summed E-state index contributed by atoms with van der Waals surface area (Å²) in [4.78, 5) is 30.7. The molecular weight excluding hydrogens is 566 g/mol. The van der Waals surface area contributed by atoms with Crippen molar-refractivity contribution in [3.63, 3.8) is 0 Å². The molecule has 0 bridgehead atoms. The van der Waals surface area contributed by atoms with Gasteiger partial charge in [-0.25, -0.2) is 13.9 Å². The first-order chi connectivity index (χ1) is 19.5.